The molecule has 0 spiro atoms. The molecule has 1 aliphatic carbocycles. The van der Waals surface area contributed by atoms with Crippen LogP contribution in [0.1, 0.15) is 60.2 Å². The molecule has 2 bridgehead atoms. The number of pyridine rings is 1. The predicted molar refractivity (Wildman–Crippen MR) is 127 cm³/mol. The first-order valence-electron chi connectivity index (χ1n) is 11.6. The number of benzene rings is 3. The van der Waals surface area contributed by atoms with E-state index in [9.17, 15) is 0 Å². The molecule has 0 radical (unpaired) electrons. The van der Waals surface area contributed by atoms with Crippen LogP contribution in [0.25, 0.3) is 0 Å². The average molecular weight is 419 g/mol. The van der Waals surface area contributed by atoms with Crippen LogP contribution in [0.15, 0.2) is 103 Å². The van der Waals surface area contributed by atoms with Crippen LogP contribution in [-0.2, 0) is 5.41 Å². The van der Waals surface area contributed by atoms with Gasteiger partial charge in [0, 0.05) is 35.1 Å². The number of aromatic nitrogens is 1. The lowest BCUT2D eigenvalue weighted by Gasteiger charge is -2.50. The Morgan fingerprint density at radius 2 is 1.44 bits per heavy atom. The van der Waals surface area contributed by atoms with Crippen molar-refractivity contribution >= 4 is 0 Å². The van der Waals surface area contributed by atoms with Crippen molar-refractivity contribution in [1.82, 2.24) is 0 Å². The van der Waals surface area contributed by atoms with Gasteiger partial charge in [-0.05, 0) is 31.0 Å². The highest BCUT2D eigenvalue weighted by atomic mass is 16.5. The zero-order chi connectivity index (χ0) is 21.7. The second-order valence-corrected chi connectivity index (χ2v) is 9.31. The van der Waals surface area contributed by atoms with Crippen molar-refractivity contribution in [2.45, 2.75) is 43.7 Å². The summed E-state index contributed by atoms with van der Waals surface area (Å²) in [5, 5.41) is 0. The van der Waals surface area contributed by atoms with Gasteiger partial charge in [0.1, 0.15) is 5.75 Å². The van der Waals surface area contributed by atoms with Crippen LogP contribution in [0.3, 0.4) is 0 Å². The van der Waals surface area contributed by atoms with Gasteiger partial charge in [-0.3, -0.25) is 0 Å². The van der Waals surface area contributed by atoms with E-state index >= 15 is 0 Å². The summed E-state index contributed by atoms with van der Waals surface area (Å²) in [6.45, 7) is 4.23. The maximum Gasteiger partial charge on any atom is 0.190 e. The normalized spacial score (nSPS) is 20.0. The molecule has 4 aromatic rings. The van der Waals surface area contributed by atoms with Crippen molar-refractivity contribution in [3.63, 3.8) is 0 Å². The quantitative estimate of drug-likeness (QED) is 0.360. The Morgan fingerprint density at radius 1 is 0.781 bits per heavy atom. The van der Waals surface area contributed by atoms with Gasteiger partial charge in [0.15, 0.2) is 17.9 Å². The smallest absolute Gasteiger partial charge is 0.190 e. The van der Waals surface area contributed by atoms with Crippen LogP contribution >= 0.6 is 0 Å². The summed E-state index contributed by atoms with van der Waals surface area (Å²) in [4.78, 5) is 0. The fraction of sp³-hybridized carbons (Fsp3) is 0.233. The maximum atomic E-state index is 6.44. The Morgan fingerprint density at radius 3 is 2.09 bits per heavy atom. The Kier molecular flexibility index (Phi) is 4.43. The summed E-state index contributed by atoms with van der Waals surface area (Å²) in [5.74, 6) is 1.20. The Labute approximate surface area is 190 Å². The van der Waals surface area contributed by atoms with E-state index in [1.165, 1.54) is 27.9 Å². The summed E-state index contributed by atoms with van der Waals surface area (Å²) >= 11 is 0. The lowest BCUT2D eigenvalue weighted by molar-refractivity contribution is -0.732. The third-order valence-corrected chi connectivity index (χ3v) is 7.25. The van der Waals surface area contributed by atoms with Gasteiger partial charge >= 0.3 is 0 Å². The largest absolute Gasteiger partial charge is 0.491 e. The molecule has 158 valence electrons. The van der Waals surface area contributed by atoms with Crippen LogP contribution < -0.4 is 9.30 Å². The van der Waals surface area contributed by atoms with Gasteiger partial charge < -0.3 is 4.74 Å². The van der Waals surface area contributed by atoms with Gasteiger partial charge in [-0.1, -0.05) is 78.9 Å². The predicted octanol–water partition coefficient (Wildman–Crippen LogP) is 6.19. The van der Waals surface area contributed by atoms with Crippen molar-refractivity contribution in [2.24, 2.45) is 0 Å². The molecule has 0 N–H and O–H groups in total. The highest BCUT2D eigenvalue weighted by Crippen LogP contribution is 2.61. The minimum atomic E-state index is -0.155. The minimum absolute atomic E-state index is 0.132. The Bertz CT molecular complexity index is 1220. The number of fused-ring (bicyclic) bond motifs is 1. The first-order chi connectivity index (χ1) is 15.7. The van der Waals surface area contributed by atoms with Crippen molar-refractivity contribution in [3.8, 4) is 5.75 Å². The van der Waals surface area contributed by atoms with Crippen LogP contribution in [0.4, 0.5) is 0 Å². The van der Waals surface area contributed by atoms with E-state index in [0.717, 1.165) is 12.2 Å². The number of rotatable bonds is 4. The second kappa shape index (κ2) is 7.34. The van der Waals surface area contributed by atoms with E-state index in [-0.39, 0.29) is 23.5 Å². The van der Waals surface area contributed by atoms with Crippen molar-refractivity contribution in [2.75, 3.05) is 0 Å². The molecule has 2 heteroatoms. The van der Waals surface area contributed by atoms with E-state index in [2.05, 4.69) is 122 Å². The number of nitrogens with zero attached hydrogens (tertiary/aromatic N) is 1. The summed E-state index contributed by atoms with van der Waals surface area (Å²) in [5.41, 5.74) is 6.72. The molecule has 2 nitrogen and oxygen atoms in total. The molecule has 7 rings (SSSR count). The molecule has 32 heavy (non-hydrogen) atoms. The molecular weight excluding hydrogens is 390 g/mol. The van der Waals surface area contributed by atoms with E-state index in [0.29, 0.717) is 0 Å². The molecule has 0 fully saturated rings. The summed E-state index contributed by atoms with van der Waals surface area (Å²) < 4.78 is 8.93. The van der Waals surface area contributed by atoms with E-state index in [1.807, 2.05) is 0 Å². The number of hydrogen-bond donors (Lipinski definition) is 0. The molecule has 2 aliphatic heterocycles. The molecule has 0 amide bonds. The van der Waals surface area contributed by atoms with Crippen LogP contribution in [0.2, 0.25) is 0 Å². The van der Waals surface area contributed by atoms with Gasteiger partial charge in [-0.15, -0.1) is 0 Å². The zero-order valence-electron chi connectivity index (χ0n) is 18.6. The average Bonchev–Trinajstić information content (AvgIpc) is 2.85. The van der Waals surface area contributed by atoms with E-state index < -0.39 is 0 Å². The molecule has 0 saturated heterocycles. The molecule has 2 atom stereocenters. The molecular formula is C30H28NO+. The summed E-state index contributed by atoms with van der Waals surface area (Å²) in [6, 6.07) is 35.7. The molecule has 2 unspecified atom stereocenters. The highest BCUT2D eigenvalue weighted by Gasteiger charge is 2.60. The number of hydrogen-bond acceptors (Lipinski definition) is 1. The van der Waals surface area contributed by atoms with Crippen LogP contribution in [0, 0.1) is 0 Å². The van der Waals surface area contributed by atoms with Gasteiger partial charge in [0.05, 0.1) is 12.0 Å². The van der Waals surface area contributed by atoms with E-state index in [1.54, 1.807) is 0 Å². The third-order valence-electron chi connectivity index (χ3n) is 7.25. The Hall–Kier alpha value is -3.39. The zero-order valence-corrected chi connectivity index (χ0v) is 18.6. The summed E-state index contributed by atoms with van der Waals surface area (Å²) in [7, 11) is 0. The first-order valence-corrected chi connectivity index (χ1v) is 11.6. The van der Waals surface area contributed by atoms with Gasteiger partial charge in [0.2, 0.25) is 0 Å². The van der Waals surface area contributed by atoms with Crippen molar-refractivity contribution in [3.05, 3.63) is 131 Å². The fourth-order valence-electron chi connectivity index (χ4n) is 6.15. The van der Waals surface area contributed by atoms with E-state index in [4.69, 9.17) is 4.74 Å². The lowest BCUT2D eigenvalue weighted by Crippen LogP contribution is -2.60. The van der Waals surface area contributed by atoms with Gasteiger partial charge in [-0.2, -0.15) is 4.57 Å². The first kappa shape index (κ1) is 19.3. The summed E-state index contributed by atoms with van der Waals surface area (Å²) in [6.07, 6.45) is 3.42. The monoisotopic (exact) mass is 418 g/mol. The molecule has 3 heterocycles. The minimum Gasteiger partial charge on any atom is -0.491 e. The SMILES string of the molecule is CC(C)Oc1cccc2c1C1c3cccc[n+]3C2CC1(c1ccccc1)c1ccccc1. The standard InChI is InChI=1S/C30H28NO/c1-21(2)32-27-18-11-16-24-26-20-30(22-12-5-3-6-13-22,23-14-7-4-8-15-23)29(28(24)27)25-17-9-10-19-31(25)26/h3-19,21,26,29H,20H2,1-2H3/q+1. The van der Waals surface area contributed by atoms with Crippen LogP contribution in [-0.4, -0.2) is 6.10 Å². The van der Waals surface area contributed by atoms with Gasteiger partial charge in [-0.25, -0.2) is 0 Å². The Balaban J connectivity index is 1.71. The molecule has 3 aliphatic rings. The third kappa shape index (κ3) is 2.69. The lowest BCUT2D eigenvalue weighted by atomic mass is 9.53. The maximum absolute atomic E-state index is 6.44. The topological polar surface area (TPSA) is 13.1 Å². The van der Waals surface area contributed by atoms with Crippen LogP contribution in [0.5, 0.6) is 5.75 Å². The molecule has 3 aromatic carbocycles. The molecule has 0 saturated carbocycles. The highest BCUT2D eigenvalue weighted by molar-refractivity contribution is 5.59. The van der Waals surface area contributed by atoms with Crippen molar-refractivity contribution in [1.29, 1.82) is 0 Å². The fourth-order valence-corrected chi connectivity index (χ4v) is 6.15. The second-order valence-electron chi connectivity index (χ2n) is 9.31. The van der Waals surface area contributed by atoms with Gasteiger partial charge in [0.25, 0.3) is 0 Å². The van der Waals surface area contributed by atoms with Crippen molar-refractivity contribution < 1.29 is 9.30 Å². The number of ether oxygens (including phenoxy) is 1. The molecule has 1 aromatic heterocycles.